The Bertz CT molecular complexity index is 606. The van der Waals surface area contributed by atoms with E-state index in [0.29, 0.717) is 25.2 Å². The highest BCUT2D eigenvalue weighted by atomic mass is 16.2. The van der Waals surface area contributed by atoms with Crippen molar-refractivity contribution in [3.05, 3.63) is 41.1 Å². The van der Waals surface area contributed by atoms with Gasteiger partial charge in [0.05, 0.1) is 0 Å². The monoisotopic (exact) mass is 317 g/mol. The number of rotatable bonds is 7. The van der Waals surface area contributed by atoms with Crippen molar-refractivity contribution in [2.75, 3.05) is 32.1 Å². The van der Waals surface area contributed by atoms with Crippen LogP contribution in [0.3, 0.4) is 0 Å². The number of amides is 1. The summed E-state index contributed by atoms with van der Waals surface area (Å²) in [6.45, 7) is 6.36. The molecule has 0 bridgehead atoms. The van der Waals surface area contributed by atoms with Gasteiger partial charge < -0.3 is 15.5 Å². The molecule has 0 spiro atoms. The molecule has 5 nitrogen and oxygen atoms in total. The van der Waals surface area contributed by atoms with Crippen molar-refractivity contribution in [2.45, 2.75) is 27.2 Å². The van der Waals surface area contributed by atoms with Crippen LogP contribution in [0.1, 0.15) is 25.8 Å². The molecule has 126 valence electrons. The number of hydrogen-bond acceptors (Lipinski definition) is 4. The fraction of sp³-hybridized carbons (Fsp3) is 0.444. The van der Waals surface area contributed by atoms with Crippen molar-refractivity contribution >= 4 is 17.4 Å². The quantitative estimate of drug-likeness (QED) is 0.475. The van der Waals surface area contributed by atoms with Gasteiger partial charge in [0.1, 0.15) is 5.57 Å². The van der Waals surface area contributed by atoms with Crippen LogP contribution in [0.25, 0.3) is 0 Å². The van der Waals surface area contributed by atoms with Crippen LogP contribution in [0.4, 0.5) is 5.69 Å². The number of carbonyl (C=O) groups is 2. The van der Waals surface area contributed by atoms with Crippen LogP contribution in [0.15, 0.2) is 35.5 Å². The second-order valence-electron chi connectivity index (χ2n) is 5.86. The van der Waals surface area contributed by atoms with E-state index in [2.05, 4.69) is 0 Å². The van der Waals surface area contributed by atoms with Gasteiger partial charge in [0.15, 0.2) is 5.78 Å². The second kappa shape index (κ2) is 8.48. The van der Waals surface area contributed by atoms with Crippen LogP contribution < -0.4 is 10.6 Å². The fourth-order valence-corrected chi connectivity index (χ4v) is 2.32. The van der Waals surface area contributed by atoms with E-state index in [-0.39, 0.29) is 17.3 Å². The molecule has 0 saturated heterocycles. The van der Waals surface area contributed by atoms with Crippen LogP contribution in [-0.2, 0) is 9.59 Å². The number of hydrogen-bond donors (Lipinski definition) is 1. The molecule has 0 saturated carbocycles. The zero-order chi connectivity index (χ0) is 17.6. The molecule has 1 aromatic carbocycles. The molecule has 5 heteroatoms. The third kappa shape index (κ3) is 4.93. The lowest BCUT2D eigenvalue weighted by Crippen LogP contribution is -2.40. The highest BCUT2D eigenvalue weighted by molar-refractivity contribution is 6.24. The molecule has 0 heterocycles. The van der Waals surface area contributed by atoms with Gasteiger partial charge in [-0.15, -0.1) is 0 Å². The molecule has 0 aliphatic carbocycles. The van der Waals surface area contributed by atoms with Gasteiger partial charge in [-0.2, -0.15) is 0 Å². The number of nitrogens with zero attached hydrogens (tertiary/aromatic N) is 2. The van der Waals surface area contributed by atoms with Crippen molar-refractivity contribution < 1.29 is 9.59 Å². The van der Waals surface area contributed by atoms with Gasteiger partial charge in [-0.3, -0.25) is 9.59 Å². The topological polar surface area (TPSA) is 66.6 Å². The minimum atomic E-state index is -0.326. The number of nitrogens with two attached hydrogens (primary N) is 1. The average molecular weight is 317 g/mol. The molecule has 0 aliphatic rings. The summed E-state index contributed by atoms with van der Waals surface area (Å²) in [7, 11) is 3.89. The summed E-state index contributed by atoms with van der Waals surface area (Å²) in [5, 5.41) is 0. The predicted molar refractivity (Wildman–Crippen MR) is 94.3 cm³/mol. The molecular formula is C18H27N3O2. The summed E-state index contributed by atoms with van der Waals surface area (Å²) in [5.41, 5.74) is 8.15. The number of likely N-dealkylation sites (N-methyl/N-ethyl adjacent to an activating group) is 1. The van der Waals surface area contributed by atoms with E-state index in [1.165, 1.54) is 6.92 Å². The van der Waals surface area contributed by atoms with Gasteiger partial charge in [-0.25, -0.2) is 0 Å². The van der Waals surface area contributed by atoms with Crippen molar-refractivity contribution in [2.24, 2.45) is 5.73 Å². The maximum Gasteiger partial charge on any atom is 0.263 e. The highest BCUT2D eigenvalue weighted by Crippen LogP contribution is 2.22. The van der Waals surface area contributed by atoms with Gasteiger partial charge in [0, 0.05) is 24.5 Å². The number of aryl methyl sites for hydroxylation is 1. The first kappa shape index (κ1) is 18.9. The van der Waals surface area contributed by atoms with Crippen molar-refractivity contribution in [1.29, 1.82) is 0 Å². The van der Waals surface area contributed by atoms with Crippen molar-refractivity contribution in [1.82, 2.24) is 4.90 Å². The summed E-state index contributed by atoms with van der Waals surface area (Å²) in [6.07, 6.45) is 0.468. The van der Waals surface area contributed by atoms with Crippen LogP contribution in [0, 0.1) is 6.92 Å². The molecule has 0 unspecified atom stereocenters. The predicted octanol–water partition coefficient (Wildman–Crippen LogP) is 2.10. The molecule has 0 fully saturated rings. The van der Waals surface area contributed by atoms with Crippen LogP contribution >= 0.6 is 0 Å². The van der Waals surface area contributed by atoms with Gasteiger partial charge in [0.25, 0.3) is 5.91 Å². The van der Waals surface area contributed by atoms with Gasteiger partial charge in [-0.1, -0.05) is 25.1 Å². The van der Waals surface area contributed by atoms with Crippen molar-refractivity contribution in [3.63, 3.8) is 0 Å². The van der Waals surface area contributed by atoms with E-state index in [9.17, 15) is 9.59 Å². The van der Waals surface area contributed by atoms with E-state index < -0.39 is 0 Å². The first-order valence-electron chi connectivity index (χ1n) is 7.81. The molecule has 0 aromatic heterocycles. The van der Waals surface area contributed by atoms with Gasteiger partial charge in [-0.05, 0) is 46.0 Å². The highest BCUT2D eigenvalue weighted by Gasteiger charge is 2.25. The summed E-state index contributed by atoms with van der Waals surface area (Å²) >= 11 is 0. The Kier molecular flexibility index (Phi) is 6.97. The Morgan fingerprint density at radius 3 is 2.22 bits per heavy atom. The molecule has 23 heavy (non-hydrogen) atoms. The molecule has 1 amide bonds. The number of ketones is 1. The Labute approximate surface area is 138 Å². The molecular weight excluding hydrogens is 290 g/mol. The first-order chi connectivity index (χ1) is 10.8. The normalized spacial score (nSPS) is 12.1. The molecule has 2 N–H and O–H groups in total. The van der Waals surface area contributed by atoms with Gasteiger partial charge >= 0.3 is 0 Å². The summed E-state index contributed by atoms with van der Waals surface area (Å²) < 4.78 is 0. The lowest BCUT2D eigenvalue weighted by atomic mass is 10.1. The molecule has 0 atom stereocenters. The van der Waals surface area contributed by atoms with E-state index in [1.807, 2.05) is 57.1 Å². The van der Waals surface area contributed by atoms with Crippen molar-refractivity contribution in [3.8, 4) is 0 Å². The lowest BCUT2D eigenvalue weighted by Gasteiger charge is -2.27. The van der Waals surface area contributed by atoms with E-state index in [4.69, 9.17) is 5.73 Å². The number of anilines is 1. The fourth-order valence-electron chi connectivity index (χ4n) is 2.32. The second-order valence-corrected chi connectivity index (χ2v) is 5.86. The Morgan fingerprint density at radius 1 is 1.13 bits per heavy atom. The smallest absolute Gasteiger partial charge is 0.263 e. The maximum atomic E-state index is 13.0. The zero-order valence-electron chi connectivity index (χ0n) is 14.7. The average Bonchev–Trinajstić information content (AvgIpc) is 2.48. The maximum absolute atomic E-state index is 13.0. The lowest BCUT2D eigenvalue weighted by molar-refractivity contribution is -0.120. The Balaban J connectivity index is 3.31. The minimum Gasteiger partial charge on any atom is -0.401 e. The third-order valence-electron chi connectivity index (χ3n) is 3.69. The minimum absolute atomic E-state index is 0.0921. The molecule has 0 aliphatic heterocycles. The van der Waals surface area contributed by atoms with Crippen LogP contribution in [-0.4, -0.2) is 43.8 Å². The third-order valence-corrected chi connectivity index (χ3v) is 3.69. The van der Waals surface area contributed by atoms with Crippen LogP contribution in [0.2, 0.25) is 0 Å². The zero-order valence-corrected chi connectivity index (χ0v) is 14.7. The van der Waals surface area contributed by atoms with Gasteiger partial charge in [0.2, 0.25) is 0 Å². The number of carbonyl (C=O) groups excluding carboxylic acids is 2. The standard InChI is InChI=1S/C18H27N3O2/c1-6-15(19)17(14(3)22)18(23)21(12-11-20(4)5)16-10-8-7-9-13(16)2/h7-10H,6,11-12,19H2,1-5H3. The van der Waals surface area contributed by atoms with E-state index in [0.717, 1.165) is 11.3 Å². The Hall–Kier alpha value is -2.14. The number of allylic oxidation sites excluding steroid dienone is 1. The van der Waals surface area contributed by atoms with E-state index >= 15 is 0 Å². The SMILES string of the molecule is CCC(N)=C(C(C)=O)C(=O)N(CCN(C)C)c1ccccc1C. The molecule has 1 rings (SSSR count). The number of benzene rings is 1. The van der Waals surface area contributed by atoms with E-state index in [1.54, 1.807) is 4.90 Å². The summed E-state index contributed by atoms with van der Waals surface area (Å²) in [4.78, 5) is 28.6. The number of Topliss-reactive ketones (excluding diaryl/α,β-unsaturated/α-hetero) is 1. The Morgan fingerprint density at radius 2 is 1.74 bits per heavy atom. The van der Waals surface area contributed by atoms with Crippen LogP contribution in [0.5, 0.6) is 0 Å². The summed E-state index contributed by atoms with van der Waals surface area (Å²) in [6, 6.07) is 7.66. The summed E-state index contributed by atoms with van der Waals surface area (Å²) in [5.74, 6) is -0.620. The largest absolute Gasteiger partial charge is 0.401 e. The molecule has 1 aromatic rings. The number of para-hydroxylation sites is 1. The first-order valence-corrected chi connectivity index (χ1v) is 7.81. The molecule has 0 radical (unpaired) electrons.